The van der Waals surface area contributed by atoms with Gasteiger partial charge in [-0.3, -0.25) is 33.8 Å². The lowest BCUT2D eigenvalue weighted by Crippen LogP contribution is -2.49. The number of rotatable bonds is 31. The van der Waals surface area contributed by atoms with Crippen molar-refractivity contribution in [2.45, 2.75) is 110 Å². The predicted molar refractivity (Wildman–Crippen MR) is 249 cm³/mol. The van der Waals surface area contributed by atoms with Crippen LogP contribution in [-0.2, 0) is 41.6 Å². The summed E-state index contributed by atoms with van der Waals surface area (Å²) >= 11 is 1.53. The van der Waals surface area contributed by atoms with Gasteiger partial charge in [0.05, 0.1) is 12.1 Å². The van der Waals surface area contributed by atoms with Gasteiger partial charge in [0.15, 0.2) is 17.5 Å². The number of carbonyl (C=O) groups is 6. The minimum atomic E-state index is -1.02. The smallest absolute Gasteiger partial charge is 0.224 e. The zero-order valence-corrected chi connectivity index (χ0v) is 37.9. The summed E-state index contributed by atoms with van der Waals surface area (Å²) in [6, 6.07) is 15.0. The molecule has 14 nitrogen and oxygen atoms in total. The van der Waals surface area contributed by atoms with Gasteiger partial charge in [-0.15, -0.1) is 0 Å². The molecule has 0 aliphatic heterocycles. The van der Waals surface area contributed by atoms with E-state index in [1.165, 1.54) is 11.8 Å². The molecule has 1 aromatic heterocycles. The first-order valence-corrected chi connectivity index (χ1v) is 23.4. The van der Waals surface area contributed by atoms with Crippen LogP contribution in [0.4, 0.5) is 0 Å². The molecule has 1 heterocycles. The highest BCUT2D eigenvalue weighted by atomic mass is 32.2. The van der Waals surface area contributed by atoms with Gasteiger partial charge < -0.3 is 38.6 Å². The molecule has 0 saturated heterocycles. The van der Waals surface area contributed by atoms with Gasteiger partial charge in [0.25, 0.3) is 0 Å². The monoisotopic (exact) mass is 875 g/mol. The first-order valence-electron chi connectivity index (χ1n) is 22.0. The molecular formula is C47H70N8O6S. The van der Waals surface area contributed by atoms with Crippen LogP contribution in [0.1, 0.15) is 96.1 Å². The van der Waals surface area contributed by atoms with Gasteiger partial charge in [-0.05, 0) is 80.2 Å². The number of aromatic amines is 1. The number of benzene rings is 2. The Morgan fingerprint density at radius 1 is 0.742 bits per heavy atom. The third-order valence-corrected chi connectivity index (χ3v) is 12.5. The van der Waals surface area contributed by atoms with Crippen LogP contribution in [0.15, 0.2) is 65.8 Å². The molecule has 340 valence electrons. The summed E-state index contributed by atoms with van der Waals surface area (Å²) in [6.45, 7) is 6.47. The van der Waals surface area contributed by atoms with Crippen molar-refractivity contribution in [2.24, 2.45) is 57.5 Å². The summed E-state index contributed by atoms with van der Waals surface area (Å²) in [6.07, 6.45) is 7.59. The molecule has 0 unspecified atom stereocenters. The number of aromatic nitrogens is 1. The number of para-hydroxylation sites is 1. The second kappa shape index (κ2) is 27.1. The van der Waals surface area contributed by atoms with Crippen LogP contribution < -0.4 is 33.6 Å². The number of fused-ring (bicyclic) bond motifs is 1. The van der Waals surface area contributed by atoms with Crippen molar-refractivity contribution in [3.63, 3.8) is 0 Å². The standard InChI is InChI=1S/C47H70N8O6S/c1-5-30(2)37(44(49)59)28-43(58)39(24-32-15-7-6-8-16-32)54-46(61)34(20-23-62-4)27-42(57)40(25-35-29-53-38-19-10-9-18-36(35)38)55-45(60)33(17-11-12-21-48)26-41(56)31(3)14-13-22-52-47(50)51/h6-10,15-16,18-19,29-31,33-34,37,39-40,53H,5,11-14,17,20-28,48H2,1-4H3,(H2,49,59)(H,54,61)(H,55,60)(H4,50,51,52)/t30-,31-,33+,34+,37-,39-,40-/m0/s1. The van der Waals surface area contributed by atoms with E-state index in [-0.39, 0.29) is 67.2 Å². The van der Waals surface area contributed by atoms with Crippen molar-refractivity contribution in [3.05, 3.63) is 71.9 Å². The van der Waals surface area contributed by atoms with Crippen molar-refractivity contribution in [3.8, 4) is 0 Å². The molecule has 15 heteroatoms. The van der Waals surface area contributed by atoms with Crippen molar-refractivity contribution in [1.82, 2.24) is 15.6 Å². The maximum absolute atomic E-state index is 14.6. The van der Waals surface area contributed by atoms with Crippen LogP contribution in [0, 0.1) is 29.6 Å². The molecule has 0 fully saturated rings. The first kappa shape index (κ1) is 51.3. The number of thioether (sulfide) groups is 1. The zero-order valence-electron chi connectivity index (χ0n) is 37.0. The number of Topliss-reactive ketones (excluding diaryl/α,β-unsaturated/α-hetero) is 3. The fourth-order valence-corrected chi connectivity index (χ4v) is 8.23. The summed E-state index contributed by atoms with van der Waals surface area (Å²) < 4.78 is 0. The van der Waals surface area contributed by atoms with E-state index in [1.54, 1.807) is 0 Å². The number of aliphatic imine (C=N–C) groups is 1. The van der Waals surface area contributed by atoms with Gasteiger partial charge in [0.1, 0.15) is 5.78 Å². The highest BCUT2D eigenvalue weighted by Gasteiger charge is 2.34. The Kier molecular flexibility index (Phi) is 22.5. The number of H-pyrrole nitrogens is 1. The molecule has 62 heavy (non-hydrogen) atoms. The molecule has 0 radical (unpaired) electrons. The molecule has 0 saturated carbocycles. The largest absolute Gasteiger partial charge is 0.370 e. The van der Waals surface area contributed by atoms with E-state index in [2.05, 4.69) is 20.6 Å². The Balaban J connectivity index is 1.93. The van der Waals surface area contributed by atoms with Crippen LogP contribution in [-0.4, -0.2) is 83.2 Å². The third kappa shape index (κ3) is 17.0. The van der Waals surface area contributed by atoms with Gasteiger partial charge in [0.2, 0.25) is 17.7 Å². The summed E-state index contributed by atoms with van der Waals surface area (Å²) in [7, 11) is 0. The fraction of sp³-hybridized carbons (Fsp3) is 0.553. The van der Waals surface area contributed by atoms with Crippen LogP contribution in [0.5, 0.6) is 0 Å². The molecular weight excluding hydrogens is 805 g/mol. The number of ketones is 3. The predicted octanol–water partition coefficient (Wildman–Crippen LogP) is 4.75. The van der Waals surface area contributed by atoms with Crippen molar-refractivity contribution < 1.29 is 28.8 Å². The Hall–Kier alpha value is -5.02. The lowest BCUT2D eigenvalue weighted by Gasteiger charge is -2.26. The number of nitrogens with one attached hydrogen (secondary N) is 3. The number of carbonyl (C=O) groups excluding carboxylic acids is 6. The van der Waals surface area contributed by atoms with E-state index in [9.17, 15) is 28.8 Å². The molecule has 3 aromatic rings. The maximum Gasteiger partial charge on any atom is 0.224 e. The SMILES string of the molecule is CC[C@H](C)[C@H](CC(=O)[C@H](Cc1ccccc1)NC(=O)[C@H](CCSC)CC(=O)[C@H](Cc1c[nH]c2ccccc12)NC(=O)[C@H](CCCCN)CC(=O)[C@@H](C)CCCN=C(N)N)C(N)=O. The molecule has 3 amide bonds. The van der Waals surface area contributed by atoms with E-state index < -0.39 is 47.6 Å². The fourth-order valence-electron chi connectivity index (χ4n) is 7.71. The number of nitrogens with two attached hydrogens (primary N) is 4. The van der Waals surface area contributed by atoms with Crippen molar-refractivity contribution in [2.75, 3.05) is 25.1 Å². The Morgan fingerprint density at radius 2 is 1.35 bits per heavy atom. The minimum absolute atomic E-state index is 0.00288. The van der Waals surface area contributed by atoms with Crippen molar-refractivity contribution in [1.29, 1.82) is 0 Å². The number of guanidine groups is 1. The topological polar surface area (TPSA) is 259 Å². The lowest BCUT2D eigenvalue weighted by molar-refractivity contribution is -0.135. The van der Waals surface area contributed by atoms with E-state index in [0.29, 0.717) is 63.8 Å². The molecule has 0 bridgehead atoms. The molecule has 0 aliphatic carbocycles. The van der Waals surface area contributed by atoms with Crippen LogP contribution >= 0.6 is 11.8 Å². The number of primary amides is 1. The van der Waals surface area contributed by atoms with E-state index in [0.717, 1.165) is 22.0 Å². The summed E-state index contributed by atoms with van der Waals surface area (Å²) in [4.78, 5) is 90.4. The van der Waals surface area contributed by atoms with Crippen LogP contribution in [0.3, 0.4) is 0 Å². The van der Waals surface area contributed by atoms with Crippen LogP contribution in [0.25, 0.3) is 10.9 Å². The number of hydrogen-bond donors (Lipinski definition) is 7. The van der Waals surface area contributed by atoms with Gasteiger partial charge in [-0.1, -0.05) is 82.1 Å². The van der Waals surface area contributed by atoms with E-state index in [1.807, 2.05) is 87.8 Å². The van der Waals surface area contributed by atoms with Gasteiger partial charge in [-0.2, -0.15) is 11.8 Å². The van der Waals surface area contributed by atoms with E-state index in [4.69, 9.17) is 22.9 Å². The highest BCUT2D eigenvalue weighted by Crippen LogP contribution is 2.25. The molecule has 0 aliphatic rings. The molecule has 7 atom stereocenters. The Bertz CT molecular complexity index is 1930. The van der Waals surface area contributed by atoms with Gasteiger partial charge in [-0.25, -0.2) is 0 Å². The number of nitrogens with zero attached hydrogens (tertiary/aromatic N) is 1. The minimum Gasteiger partial charge on any atom is -0.370 e. The Labute approximate surface area is 371 Å². The number of hydrogen-bond acceptors (Lipinski definition) is 9. The summed E-state index contributed by atoms with van der Waals surface area (Å²) in [5, 5.41) is 6.90. The van der Waals surface area contributed by atoms with Gasteiger partial charge >= 0.3 is 0 Å². The molecule has 0 spiro atoms. The second-order valence-corrected chi connectivity index (χ2v) is 17.6. The molecule has 11 N–H and O–H groups in total. The first-order chi connectivity index (χ1) is 29.7. The quantitative estimate of drug-likeness (QED) is 0.0265. The normalized spacial score (nSPS) is 14.7. The second-order valence-electron chi connectivity index (χ2n) is 16.6. The zero-order chi connectivity index (χ0) is 45.6. The van der Waals surface area contributed by atoms with Gasteiger partial charge in [0, 0.05) is 73.0 Å². The number of amides is 3. The summed E-state index contributed by atoms with van der Waals surface area (Å²) in [5.41, 5.74) is 24.9. The average Bonchev–Trinajstić information content (AvgIpc) is 3.66. The van der Waals surface area contributed by atoms with Crippen LogP contribution in [0.2, 0.25) is 0 Å². The maximum atomic E-state index is 14.6. The Morgan fingerprint density at radius 3 is 1.98 bits per heavy atom. The number of unbranched alkanes of at least 4 members (excludes halogenated alkanes) is 1. The average molecular weight is 875 g/mol. The third-order valence-electron chi connectivity index (χ3n) is 11.9. The molecule has 3 rings (SSSR count). The summed E-state index contributed by atoms with van der Waals surface area (Å²) in [5.74, 6) is -4.30. The van der Waals surface area contributed by atoms with E-state index >= 15 is 0 Å². The molecule has 2 aromatic carbocycles. The lowest BCUT2D eigenvalue weighted by atomic mass is 9.84. The highest BCUT2D eigenvalue weighted by molar-refractivity contribution is 7.98. The van der Waals surface area contributed by atoms with Crippen molar-refractivity contribution >= 4 is 63.7 Å².